The van der Waals surface area contributed by atoms with Gasteiger partial charge in [0.05, 0.1) is 0 Å². The highest BCUT2D eigenvalue weighted by molar-refractivity contribution is 5.85. The number of aromatic nitrogens is 1. The van der Waals surface area contributed by atoms with Gasteiger partial charge >= 0.3 is 0 Å². The van der Waals surface area contributed by atoms with Gasteiger partial charge in [-0.3, -0.25) is 9.78 Å². The van der Waals surface area contributed by atoms with Gasteiger partial charge in [0.25, 0.3) is 0 Å². The van der Waals surface area contributed by atoms with Gasteiger partial charge in [-0.25, -0.2) is 0 Å². The topological polar surface area (TPSA) is 56.0 Å². The second-order valence-corrected chi connectivity index (χ2v) is 3.48. The molecule has 2 rings (SSSR count). The summed E-state index contributed by atoms with van der Waals surface area (Å²) in [6.07, 6.45) is 4.65. The van der Waals surface area contributed by atoms with Gasteiger partial charge in [-0.15, -0.1) is 0 Å². The molecular formula is C12H12N2O. The van der Waals surface area contributed by atoms with Crippen molar-refractivity contribution in [1.29, 1.82) is 0 Å². The maximum absolute atomic E-state index is 10.7. The molecule has 0 saturated carbocycles. The molecule has 1 heterocycles. The van der Waals surface area contributed by atoms with E-state index in [1.165, 1.54) is 0 Å². The summed E-state index contributed by atoms with van der Waals surface area (Å²) in [5, 5.41) is 2.24. The fourth-order valence-corrected chi connectivity index (χ4v) is 1.65. The van der Waals surface area contributed by atoms with E-state index in [2.05, 4.69) is 4.98 Å². The Kier molecular flexibility index (Phi) is 2.63. The summed E-state index contributed by atoms with van der Waals surface area (Å²) in [7, 11) is 0. The van der Waals surface area contributed by atoms with Crippen molar-refractivity contribution < 1.29 is 4.79 Å². The Labute approximate surface area is 87.9 Å². The zero-order chi connectivity index (χ0) is 10.7. The molecule has 0 aliphatic heterocycles. The van der Waals surface area contributed by atoms with Crippen molar-refractivity contribution in [1.82, 2.24) is 4.98 Å². The third kappa shape index (κ3) is 2.13. The number of aryl methyl sites for hydroxylation is 1. The first-order chi connectivity index (χ1) is 7.27. The number of hydrogen-bond donors (Lipinski definition) is 1. The van der Waals surface area contributed by atoms with E-state index in [0.29, 0.717) is 12.8 Å². The lowest BCUT2D eigenvalue weighted by atomic mass is 10.0. The zero-order valence-electron chi connectivity index (χ0n) is 8.31. The molecule has 2 N–H and O–H groups in total. The molecule has 76 valence electrons. The lowest BCUT2D eigenvalue weighted by Gasteiger charge is -2.04. The van der Waals surface area contributed by atoms with E-state index in [-0.39, 0.29) is 5.91 Å². The number of nitrogens with zero attached hydrogens (tertiary/aromatic N) is 1. The Morgan fingerprint density at radius 1 is 1.33 bits per heavy atom. The molecule has 1 aromatic carbocycles. The molecule has 15 heavy (non-hydrogen) atoms. The number of nitrogens with two attached hydrogens (primary N) is 1. The number of primary amides is 1. The van der Waals surface area contributed by atoms with E-state index in [1.54, 1.807) is 6.20 Å². The Morgan fingerprint density at radius 2 is 2.20 bits per heavy atom. The van der Waals surface area contributed by atoms with Crippen LogP contribution in [0, 0.1) is 0 Å². The van der Waals surface area contributed by atoms with Crippen LogP contribution in [-0.4, -0.2) is 10.9 Å². The lowest BCUT2D eigenvalue weighted by molar-refractivity contribution is -0.117. The van der Waals surface area contributed by atoms with E-state index < -0.39 is 0 Å². The van der Waals surface area contributed by atoms with E-state index in [4.69, 9.17) is 5.73 Å². The minimum absolute atomic E-state index is 0.268. The minimum atomic E-state index is -0.268. The molecule has 2 aromatic rings. The second kappa shape index (κ2) is 4.09. The molecule has 0 radical (unpaired) electrons. The summed E-state index contributed by atoms with van der Waals surface area (Å²) >= 11 is 0. The van der Waals surface area contributed by atoms with Gasteiger partial charge in [0.1, 0.15) is 0 Å². The summed E-state index contributed by atoms with van der Waals surface area (Å²) in [5.74, 6) is -0.268. The van der Waals surface area contributed by atoms with Gasteiger partial charge in [-0.05, 0) is 23.4 Å². The zero-order valence-corrected chi connectivity index (χ0v) is 8.31. The predicted octanol–water partition coefficient (Wildman–Crippen LogP) is 1.65. The largest absolute Gasteiger partial charge is 0.370 e. The predicted molar refractivity (Wildman–Crippen MR) is 59.3 cm³/mol. The minimum Gasteiger partial charge on any atom is -0.370 e. The van der Waals surface area contributed by atoms with Gasteiger partial charge in [-0.2, -0.15) is 0 Å². The number of carbonyl (C=O) groups is 1. The van der Waals surface area contributed by atoms with Crippen LogP contribution in [-0.2, 0) is 11.2 Å². The summed E-state index contributed by atoms with van der Waals surface area (Å²) in [5.41, 5.74) is 6.25. The first-order valence-corrected chi connectivity index (χ1v) is 4.87. The van der Waals surface area contributed by atoms with Crippen molar-refractivity contribution in [3.8, 4) is 0 Å². The molecule has 0 aliphatic rings. The third-order valence-electron chi connectivity index (χ3n) is 2.41. The fraction of sp³-hybridized carbons (Fsp3) is 0.167. The Hall–Kier alpha value is -1.90. The average molecular weight is 200 g/mol. The van der Waals surface area contributed by atoms with Crippen molar-refractivity contribution >= 4 is 16.7 Å². The quantitative estimate of drug-likeness (QED) is 0.819. The van der Waals surface area contributed by atoms with Gasteiger partial charge in [0.2, 0.25) is 5.91 Å². The normalized spacial score (nSPS) is 10.4. The van der Waals surface area contributed by atoms with Crippen molar-refractivity contribution in [3.05, 3.63) is 42.2 Å². The highest BCUT2D eigenvalue weighted by Gasteiger charge is 2.02. The molecule has 0 unspecified atom stereocenters. The van der Waals surface area contributed by atoms with Crippen molar-refractivity contribution in [2.24, 2.45) is 5.73 Å². The third-order valence-corrected chi connectivity index (χ3v) is 2.41. The second-order valence-electron chi connectivity index (χ2n) is 3.48. The Bertz CT molecular complexity index is 488. The number of amides is 1. The van der Waals surface area contributed by atoms with Crippen molar-refractivity contribution in [2.75, 3.05) is 0 Å². The van der Waals surface area contributed by atoms with Gasteiger partial charge in [0.15, 0.2) is 0 Å². The van der Waals surface area contributed by atoms with E-state index in [9.17, 15) is 4.79 Å². The number of hydrogen-bond acceptors (Lipinski definition) is 2. The van der Waals surface area contributed by atoms with Crippen LogP contribution in [0.1, 0.15) is 12.0 Å². The van der Waals surface area contributed by atoms with Crippen LogP contribution in [0.3, 0.4) is 0 Å². The van der Waals surface area contributed by atoms with Crippen molar-refractivity contribution in [3.63, 3.8) is 0 Å². The van der Waals surface area contributed by atoms with Crippen LogP contribution in [0.2, 0.25) is 0 Å². The van der Waals surface area contributed by atoms with Crippen LogP contribution in [0.4, 0.5) is 0 Å². The standard InChI is InChI=1S/C12H12N2O/c13-12(15)5-4-9-2-1-3-10-6-7-14-8-11(9)10/h1-3,6-8H,4-5H2,(H2,13,15). The summed E-state index contributed by atoms with van der Waals surface area (Å²) in [4.78, 5) is 14.8. The number of carbonyl (C=O) groups excluding carboxylic acids is 1. The molecule has 3 heteroatoms. The molecule has 0 saturated heterocycles. The molecule has 3 nitrogen and oxygen atoms in total. The van der Waals surface area contributed by atoms with E-state index in [0.717, 1.165) is 16.3 Å². The molecule has 0 fully saturated rings. The molecule has 0 atom stereocenters. The Morgan fingerprint density at radius 3 is 3.00 bits per heavy atom. The maximum atomic E-state index is 10.7. The summed E-state index contributed by atoms with van der Waals surface area (Å²) in [6.45, 7) is 0. The maximum Gasteiger partial charge on any atom is 0.217 e. The first-order valence-electron chi connectivity index (χ1n) is 4.87. The first kappa shape index (κ1) is 9.65. The molecule has 0 aliphatic carbocycles. The van der Waals surface area contributed by atoms with Crippen LogP contribution < -0.4 is 5.73 Å². The molecule has 0 bridgehead atoms. The van der Waals surface area contributed by atoms with Crippen LogP contribution in [0.15, 0.2) is 36.7 Å². The lowest BCUT2D eigenvalue weighted by Crippen LogP contribution is -2.11. The molecule has 1 aromatic heterocycles. The van der Waals surface area contributed by atoms with Gasteiger partial charge < -0.3 is 5.73 Å². The highest BCUT2D eigenvalue weighted by atomic mass is 16.1. The van der Waals surface area contributed by atoms with Crippen molar-refractivity contribution in [2.45, 2.75) is 12.8 Å². The van der Waals surface area contributed by atoms with Crippen LogP contribution in [0.5, 0.6) is 0 Å². The Balaban J connectivity index is 2.38. The van der Waals surface area contributed by atoms with E-state index >= 15 is 0 Å². The molecule has 1 amide bonds. The van der Waals surface area contributed by atoms with Gasteiger partial charge in [-0.1, -0.05) is 18.2 Å². The van der Waals surface area contributed by atoms with E-state index in [1.807, 2.05) is 30.5 Å². The molecular weight excluding hydrogens is 188 g/mol. The summed E-state index contributed by atoms with van der Waals surface area (Å²) < 4.78 is 0. The number of rotatable bonds is 3. The van der Waals surface area contributed by atoms with Crippen LogP contribution >= 0.6 is 0 Å². The smallest absolute Gasteiger partial charge is 0.217 e. The summed E-state index contributed by atoms with van der Waals surface area (Å²) in [6, 6.07) is 7.99. The molecule has 0 spiro atoms. The number of benzene rings is 1. The number of fused-ring (bicyclic) bond motifs is 1. The fourth-order valence-electron chi connectivity index (χ4n) is 1.65. The van der Waals surface area contributed by atoms with Gasteiger partial charge in [0, 0.05) is 24.2 Å². The monoisotopic (exact) mass is 200 g/mol. The number of pyridine rings is 1. The highest BCUT2D eigenvalue weighted by Crippen LogP contribution is 2.18. The average Bonchev–Trinajstić information content (AvgIpc) is 2.26. The van der Waals surface area contributed by atoms with Crippen LogP contribution in [0.25, 0.3) is 10.8 Å². The SMILES string of the molecule is NC(=O)CCc1cccc2ccncc12.